The lowest BCUT2D eigenvalue weighted by Gasteiger charge is -2.22. The molecule has 0 radical (unpaired) electrons. The topological polar surface area (TPSA) is 33.7 Å². The lowest BCUT2D eigenvalue weighted by molar-refractivity contribution is 0.0676. The summed E-state index contributed by atoms with van der Waals surface area (Å²) in [5.74, 6) is 0. The molecule has 0 bridgehead atoms. The normalized spacial score (nSPS) is 22.6. The highest BCUT2D eigenvalue weighted by Gasteiger charge is 2.12. The molecular weight excluding hydrogens is 216 g/mol. The van der Waals surface area contributed by atoms with Crippen molar-refractivity contribution < 1.29 is 9.47 Å². The zero-order chi connectivity index (χ0) is 12.3. The van der Waals surface area contributed by atoms with Crippen molar-refractivity contribution in [2.24, 2.45) is 0 Å². The van der Waals surface area contributed by atoms with Crippen LogP contribution in [0.4, 0.5) is 0 Å². The average molecular weight is 244 g/mol. The monoisotopic (exact) mass is 244 g/mol. The molecule has 4 heteroatoms. The van der Waals surface area contributed by atoms with Gasteiger partial charge in [0.1, 0.15) is 0 Å². The Labute approximate surface area is 106 Å². The van der Waals surface area contributed by atoms with Crippen LogP contribution in [0, 0.1) is 0 Å². The van der Waals surface area contributed by atoms with Gasteiger partial charge in [0, 0.05) is 26.3 Å². The van der Waals surface area contributed by atoms with E-state index in [0.717, 1.165) is 26.2 Å². The molecule has 0 aromatic rings. The van der Waals surface area contributed by atoms with Crippen LogP contribution >= 0.6 is 0 Å². The highest BCUT2D eigenvalue weighted by atomic mass is 16.5. The maximum absolute atomic E-state index is 5.45. The van der Waals surface area contributed by atoms with Crippen molar-refractivity contribution in [3.8, 4) is 0 Å². The molecule has 0 aromatic heterocycles. The van der Waals surface area contributed by atoms with E-state index in [1.54, 1.807) is 7.11 Å². The lowest BCUT2D eigenvalue weighted by Crippen LogP contribution is -2.35. The summed E-state index contributed by atoms with van der Waals surface area (Å²) in [6.45, 7) is 9.36. The van der Waals surface area contributed by atoms with E-state index < -0.39 is 0 Å². The van der Waals surface area contributed by atoms with Crippen LogP contribution in [0.1, 0.15) is 26.2 Å². The minimum atomic E-state index is 0.635. The van der Waals surface area contributed by atoms with Crippen molar-refractivity contribution in [1.82, 2.24) is 10.2 Å². The van der Waals surface area contributed by atoms with Gasteiger partial charge in [-0.25, -0.2) is 0 Å². The summed E-state index contributed by atoms with van der Waals surface area (Å²) < 4.78 is 10.4. The Balaban J connectivity index is 1.94. The van der Waals surface area contributed by atoms with Crippen LogP contribution in [-0.4, -0.2) is 64.1 Å². The third-order valence-corrected chi connectivity index (χ3v) is 3.12. The summed E-state index contributed by atoms with van der Waals surface area (Å²) in [6, 6.07) is 0.635. The highest BCUT2D eigenvalue weighted by molar-refractivity contribution is 4.72. The molecule has 0 aliphatic carbocycles. The first kappa shape index (κ1) is 14.9. The Bertz CT molecular complexity index is 179. The fourth-order valence-electron chi connectivity index (χ4n) is 2.18. The fourth-order valence-corrected chi connectivity index (χ4v) is 2.18. The number of methoxy groups -OCH3 is 1. The quantitative estimate of drug-likeness (QED) is 0.649. The summed E-state index contributed by atoms with van der Waals surface area (Å²) in [6.07, 6.45) is 3.66. The highest BCUT2D eigenvalue weighted by Crippen LogP contribution is 2.02. The molecular formula is C13H28N2O2. The summed E-state index contributed by atoms with van der Waals surface area (Å²) >= 11 is 0. The van der Waals surface area contributed by atoms with Crippen LogP contribution in [0.25, 0.3) is 0 Å². The molecule has 17 heavy (non-hydrogen) atoms. The maximum atomic E-state index is 5.45. The average Bonchev–Trinajstić information content (AvgIpc) is 2.52. The van der Waals surface area contributed by atoms with E-state index in [9.17, 15) is 0 Å². The van der Waals surface area contributed by atoms with Gasteiger partial charge in [0.25, 0.3) is 0 Å². The second kappa shape index (κ2) is 9.83. The minimum absolute atomic E-state index is 0.635. The number of unbranched alkanes of at least 4 members (excludes halogenated alkanes) is 1. The van der Waals surface area contributed by atoms with Crippen molar-refractivity contribution in [2.75, 3.05) is 53.1 Å². The number of ether oxygens (including phenoxy) is 2. The zero-order valence-corrected chi connectivity index (χ0v) is 11.4. The standard InChI is InChI=1S/C13H28N2O2/c1-13-12-15(8-5-6-14-13)7-3-4-9-17-11-10-16-2/h13-14H,3-12H2,1-2H3. The number of nitrogens with zero attached hydrogens (tertiary/aromatic N) is 1. The maximum Gasteiger partial charge on any atom is 0.0700 e. The number of rotatable bonds is 8. The van der Waals surface area contributed by atoms with Crippen molar-refractivity contribution in [2.45, 2.75) is 32.2 Å². The first-order chi connectivity index (χ1) is 8.33. The van der Waals surface area contributed by atoms with E-state index in [2.05, 4.69) is 17.1 Å². The Morgan fingerprint density at radius 1 is 1.24 bits per heavy atom. The number of hydrogen-bond donors (Lipinski definition) is 1. The smallest absolute Gasteiger partial charge is 0.0700 e. The van der Waals surface area contributed by atoms with Gasteiger partial charge in [-0.05, 0) is 45.8 Å². The van der Waals surface area contributed by atoms with E-state index in [1.807, 2.05) is 0 Å². The van der Waals surface area contributed by atoms with Gasteiger partial charge in [0.05, 0.1) is 13.2 Å². The van der Waals surface area contributed by atoms with Crippen LogP contribution in [0.15, 0.2) is 0 Å². The van der Waals surface area contributed by atoms with Crippen LogP contribution in [-0.2, 0) is 9.47 Å². The molecule has 1 aliphatic rings. The minimum Gasteiger partial charge on any atom is -0.382 e. The van der Waals surface area contributed by atoms with Gasteiger partial charge in [0.2, 0.25) is 0 Å². The van der Waals surface area contributed by atoms with Crippen molar-refractivity contribution in [3.05, 3.63) is 0 Å². The molecule has 1 unspecified atom stereocenters. The third kappa shape index (κ3) is 7.71. The summed E-state index contributed by atoms with van der Waals surface area (Å²) in [7, 11) is 1.71. The molecule has 0 aromatic carbocycles. The van der Waals surface area contributed by atoms with Gasteiger partial charge >= 0.3 is 0 Å². The predicted octanol–water partition coefficient (Wildman–Crippen LogP) is 1.11. The predicted molar refractivity (Wildman–Crippen MR) is 70.5 cm³/mol. The molecule has 1 aliphatic heterocycles. The first-order valence-corrected chi connectivity index (χ1v) is 6.85. The van der Waals surface area contributed by atoms with E-state index >= 15 is 0 Å². The lowest BCUT2D eigenvalue weighted by atomic mass is 10.2. The van der Waals surface area contributed by atoms with Gasteiger partial charge in [-0.2, -0.15) is 0 Å². The molecule has 0 saturated carbocycles. The molecule has 1 rings (SSSR count). The van der Waals surface area contributed by atoms with E-state index in [4.69, 9.17) is 9.47 Å². The second-order valence-corrected chi connectivity index (χ2v) is 4.82. The first-order valence-electron chi connectivity index (χ1n) is 6.85. The van der Waals surface area contributed by atoms with Crippen LogP contribution in [0.5, 0.6) is 0 Å². The molecule has 0 spiro atoms. The second-order valence-electron chi connectivity index (χ2n) is 4.82. The fraction of sp³-hybridized carbons (Fsp3) is 1.00. The number of hydrogen-bond acceptors (Lipinski definition) is 4. The van der Waals surface area contributed by atoms with Gasteiger partial charge in [-0.1, -0.05) is 0 Å². The zero-order valence-electron chi connectivity index (χ0n) is 11.4. The van der Waals surface area contributed by atoms with Gasteiger partial charge in [0.15, 0.2) is 0 Å². The molecule has 1 N–H and O–H groups in total. The molecule has 0 amide bonds. The Morgan fingerprint density at radius 3 is 2.94 bits per heavy atom. The van der Waals surface area contributed by atoms with Crippen LogP contribution in [0.2, 0.25) is 0 Å². The Hall–Kier alpha value is -0.160. The van der Waals surface area contributed by atoms with Crippen molar-refractivity contribution in [3.63, 3.8) is 0 Å². The largest absolute Gasteiger partial charge is 0.382 e. The van der Waals surface area contributed by atoms with Gasteiger partial charge in [-0.3, -0.25) is 0 Å². The molecule has 1 heterocycles. The SMILES string of the molecule is COCCOCCCCN1CCCNC(C)C1. The van der Waals surface area contributed by atoms with Gasteiger partial charge < -0.3 is 19.7 Å². The summed E-state index contributed by atoms with van der Waals surface area (Å²) in [5.41, 5.74) is 0. The van der Waals surface area contributed by atoms with E-state index in [0.29, 0.717) is 12.6 Å². The van der Waals surface area contributed by atoms with Crippen molar-refractivity contribution >= 4 is 0 Å². The molecule has 1 saturated heterocycles. The Morgan fingerprint density at radius 2 is 2.12 bits per heavy atom. The van der Waals surface area contributed by atoms with Crippen LogP contribution < -0.4 is 5.32 Å². The van der Waals surface area contributed by atoms with Crippen molar-refractivity contribution in [1.29, 1.82) is 0 Å². The van der Waals surface area contributed by atoms with Crippen LogP contribution in [0.3, 0.4) is 0 Å². The van der Waals surface area contributed by atoms with E-state index in [-0.39, 0.29) is 0 Å². The molecule has 102 valence electrons. The summed E-state index contributed by atoms with van der Waals surface area (Å²) in [4.78, 5) is 2.57. The molecule has 1 atom stereocenters. The Kier molecular flexibility index (Phi) is 8.61. The molecule has 4 nitrogen and oxygen atoms in total. The molecule has 1 fully saturated rings. The van der Waals surface area contributed by atoms with E-state index in [1.165, 1.54) is 32.5 Å². The number of nitrogens with one attached hydrogen (secondary N) is 1. The van der Waals surface area contributed by atoms with Gasteiger partial charge in [-0.15, -0.1) is 0 Å². The third-order valence-electron chi connectivity index (χ3n) is 3.12. The summed E-state index contributed by atoms with van der Waals surface area (Å²) in [5, 5.41) is 3.52.